The summed E-state index contributed by atoms with van der Waals surface area (Å²) in [4.78, 5) is 4.37. The fourth-order valence-electron chi connectivity index (χ4n) is 2.03. The standard InChI is InChI=1S/C16H9Cl2F3N2S/c17-10-3-1-9(2-4-10)14-8-24-15(23-14)22-11-5-6-13(18)12(7-11)16(19,20)21/h1-8H,(H,22,23). The van der Waals surface area contributed by atoms with E-state index in [9.17, 15) is 13.2 Å². The van der Waals surface area contributed by atoms with Crippen LogP contribution in [0.15, 0.2) is 47.8 Å². The van der Waals surface area contributed by atoms with Crippen LogP contribution in [-0.4, -0.2) is 4.98 Å². The minimum atomic E-state index is -4.51. The van der Waals surface area contributed by atoms with E-state index in [1.807, 2.05) is 17.5 Å². The Hall–Kier alpha value is -1.76. The topological polar surface area (TPSA) is 24.9 Å². The average Bonchev–Trinajstić information content (AvgIpc) is 2.97. The Morgan fingerprint density at radius 3 is 2.38 bits per heavy atom. The van der Waals surface area contributed by atoms with Crippen LogP contribution in [0, 0.1) is 0 Å². The molecule has 2 aromatic carbocycles. The van der Waals surface area contributed by atoms with E-state index >= 15 is 0 Å². The van der Waals surface area contributed by atoms with Crippen molar-refractivity contribution < 1.29 is 13.2 Å². The molecule has 0 aliphatic carbocycles. The normalized spacial score (nSPS) is 11.5. The van der Waals surface area contributed by atoms with E-state index in [1.165, 1.54) is 23.5 Å². The van der Waals surface area contributed by atoms with Gasteiger partial charge in [-0.3, -0.25) is 0 Å². The smallest absolute Gasteiger partial charge is 0.332 e. The number of nitrogens with zero attached hydrogens (tertiary/aromatic N) is 1. The Morgan fingerprint density at radius 2 is 1.71 bits per heavy atom. The fourth-order valence-corrected chi connectivity index (χ4v) is 3.12. The summed E-state index contributed by atoms with van der Waals surface area (Å²) in [6.07, 6.45) is -4.51. The van der Waals surface area contributed by atoms with E-state index in [0.717, 1.165) is 11.6 Å². The molecule has 0 radical (unpaired) electrons. The van der Waals surface area contributed by atoms with Gasteiger partial charge < -0.3 is 5.32 Å². The van der Waals surface area contributed by atoms with Gasteiger partial charge >= 0.3 is 6.18 Å². The maximum atomic E-state index is 12.9. The number of hydrogen-bond donors (Lipinski definition) is 1. The van der Waals surface area contributed by atoms with Crippen molar-refractivity contribution >= 4 is 45.4 Å². The minimum Gasteiger partial charge on any atom is -0.332 e. The van der Waals surface area contributed by atoms with Crippen LogP contribution >= 0.6 is 34.5 Å². The largest absolute Gasteiger partial charge is 0.417 e. The molecule has 0 amide bonds. The lowest BCUT2D eigenvalue weighted by Crippen LogP contribution is -2.06. The van der Waals surface area contributed by atoms with Crippen molar-refractivity contribution in [3.8, 4) is 11.3 Å². The van der Waals surface area contributed by atoms with Crippen molar-refractivity contribution in [3.05, 3.63) is 63.5 Å². The second-order valence-corrected chi connectivity index (χ2v) is 6.56. The van der Waals surface area contributed by atoms with E-state index in [-0.39, 0.29) is 10.7 Å². The molecule has 8 heteroatoms. The molecule has 124 valence electrons. The van der Waals surface area contributed by atoms with Gasteiger partial charge in [0.15, 0.2) is 5.13 Å². The third-order valence-electron chi connectivity index (χ3n) is 3.17. The van der Waals surface area contributed by atoms with Crippen molar-refractivity contribution in [1.29, 1.82) is 0 Å². The zero-order valence-electron chi connectivity index (χ0n) is 11.9. The van der Waals surface area contributed by atoms with E-state index in [4.69, 9.17) is 23.2 Å². The Balaban J connectivity index is 1.84. The van der Waals surface area contributed by atoms with Crippen molar-refractivity contribution in [3.63, 3.8) is 0 Å². The van der Waals surface area contributed by atoms with E-state index in [1.54, 1.807) is 12.1 Å². The third kappa shape index (κ3) is 3.83. The van der Waals surface area contributed by atoms with Gasteiger partial charge in [-0.2, -0.15) is 13.2 Å². The second kappa shape index (κ2) is 6.63. The lowest BCUT2D eigenvalue weighted by atomic mass is 10.2. The fraction of sp³-hybridized carbons (Fsp3) is 0.0625. The molecule has 0 fully saturated rings. The number of aromatic nitrogens is 1. The molecule has 0 spiro atoms. The predicted octanol–water partition coefficient (Wildman–Crippen LogP) is 6.88. The highest BCUT2D eigenvalue weighted by molar-refractivity contribution is 7.14. The molecule has 0 atom stereocenters. The highest BCUT2D eigenvalue weighted by atomic mass is 35.5. The molecule has 24 heavy (non-hydrogen) atoms. The summed E-state index contributed by atoms with van der Waals surface area (Å²) in [6, 6.07) is 10.8. The molecule has 2 nitrogen and oxygen atoms in total. The summed E-state index contributed by atoms with van der Waals surface area (Å²) in [5.74, 6) is 0. The first-order chi connectivity index (χ1) is 11.3. The maximum absolute atomic E-state index is 12.9. The van der Waals surface area contributed by atoms with E-state index in [2.05, 4.69) is 10.3 Å². The average molecular weight is 389 g/mol. The molecular weight excluding hydrogens is 380 g/mol. The molecule has 1 N–H and O–H groups in total. The summed E-state index contributed by atoms with van der Waals surface area (Å²) in [6.45, 7) is 0. The summed E-state index contributed by atoms with van der Waals surface area (Å²) in [5, 5.41) is 5.44. The van der Waals surface area contributed by atoms with Crippen LogP contribution in [0.25, 0.3) is 11.3 Å². The Kier molecular flexibility index (Phi) is 4.71. The number of thiazole rings is 1. The molecule has 3 aromatic rings. The lowest BCUT2D eigenvalue weighted by molar-refractivity contribution is -0.137. The summed E-state index contributed by atoms with van der Waals surface area (Å²) >= 11 is 12.7. The molecule has 0 unspecified atom stereocenters. The highest BCUT2D eigenvalue weighted by Gasteiger charge is 2.33. The predicted molar refractivity (Wildman–Crippen MR) is 92.3 cm³/mol. The molecule has 3 rings (SSSR count). The zero-order valence-corrected chi connectivity index (χ0v) is 14.2. The Bertz CT molecular complexity index is 861. The summed E-state index contributed by atoms with van der Waals surface area (Å²) < 4.78 is 38.7. The minimum absolute atomic E-state index is 0.267. The molecule has 0 aliphatic rings. The number of halogens is 5. The van der Waals surface area contributed by atoms with Gasteiger partial charge in [0.1, 0.15) is 0 Å². The number of benzene rings is 2. The monoisotopic (exact) mass is 388 g/mol. The quantitative estimate of drug-likeness (QED) is 0.528. The number of rotatable bonds is 3. The van der Waals surface area contributed by atoms with Gasteiger partial charge in [0, 0.05) is 21.7 Å². The van der Waals surface area contributed by atoms with Crippen molar-refractivity contribution in [2.75, 3.05) is 5.32 Å². The van der Waals surface area contributed by atoms with Crippen molar-refractivity contribution in [1.82, 2.24) is 4.98 Å². The van der Waals surface area contributed by atoms with Crippen molar-refractivity contribution in [2.24, 2.45) is 0 Å². The Labute approximate surface area is 149 Å². The van der Waals surface area contributed by atoms with Crippen LogP contribution in [0.3, 0.4) is 0 Å². The molecule has 0 saturated heterocycles. The van der Waals surface area contributed by atoms with Gasteiger partial charge in [-0.1, -0.05) is 35.3 Å². The number of hydrogen-bond acceptors (Lipinski definition) is 3. The second-order valence-electron chi connectivity index (χ2n) is 4.86. The first-order valence-electron chi connectivity index (χ1n) is 6.68. The Morgan fingerprint density at radius 1 is 1.00 bits per heavy atom. The van der Waals surface area contributed by atoms with Gasteiger partial charge in [-0.25, -0.2) is 4.98 Å². The van der Waals surface area contributed by atoms with E-state index in [0.29, 0.717) is 15.8 Å². The van der Waals surface area contributed by atoms with Crippen LogP contribution in [0.5, 0.6) is 0 Å². The van der Waals surface area contributed by atoms with Gasteiger partial charge in [0.25, 0.3) is 0 Å². The number of alkyl halides is 3. The van der Waals surface area contributed by atoms with Gasteiger partial charge in [-0.05, 0) is 30.3 Å². The van der Waals surface area contributed by atoms with Crippen LogP contribution in [0.2, 0.25) is 10.0 Å². The number of nitrogens with one attached hydrogen (secondary N) is 1. The SMILES string of the molecule is FC(F)(F)c1cc(Nc2nc(-c3ccc(Cl)cc3)cs2)ccc1Cl. The van der Waals surface area contributed by atoms with Gasteiger partial charge in [-0.15, -0.1) is 11.3 Å². The van der Waals surface area contributed by atoms with Crippen LogP contribution in [0.1, 0.15) is 5.56 Å². The number of anilines is 2. The van der Waals surface area contributed by atoms with Crippen LogP contribution < -0.4 is 5.32 Å². The molecule has 0 saturated carbocycles. The third-order valence-corrected chi connectivity index (χ3v) is 4.51. The van der Waals surface area contributed by atoms with Gasteiger partial charge in [0.2, 0.25) is 0 Å². The molecule has 1 aromatic heterocycles. The first kappa shape index (κ1) is 17.1. The van der Waals surface area contributed by atoms with Crippen LogP contribution in [0.4, 0.5) is 24.0 Å². The first-order valence-corrected chi connectivity index (χ1v) is 8.32. The summed E-state index contributed by atoms with van der Waals surface area (Å²) in [7, 11) is 0. The lowest BCUT2D eigenvalue weighted by Gasteiger charge is -2.11. The van der Waals surface area contributed by atoms with E-state index < -0.39 is 11.7 Å². The van der Waals surface area contributed by atoms with Crippen LogP contribution in [-0.2, 0) is 6.18 Å². The zero-order chi connectivity index (χ0) is 17.3. The molecule has 0 aliphatic heterocycles. The van der Waals surface area contributed by atoms with Crippen molar-refractivity contribution in [2.45, 2.75) is 6.18 Å². The molecule has 0 bridgehead atoms. The molecular formula is C16H9Cl2F3N2S. The molecule has 1 heterocycles. The van der Waals surface area contributed by atoms with Gasteiger partial charge in [0.05, 0.1) is 16.3 Å². The summed E-state index contributed by atoms with van der Waals surface area (Å²) in [5.41, 5.74) is 0.965. The maximum Gasteiger partial charge on any atom is 0.417 e. The highest BCUT2D eigenvalue weighted by Crippen LogP contribution is 2.37.